The third-order valence-corrected chi connectivity index (χ3v) is 11.1. The van der Waals surface area contributed by atoms with Crippen LogP contribution in [0, 0.1) is 5.92 Å². The Hall–Kier alpha value is -4.56. The summed E-state index contributed by atoms with van der Waals surface area (Å²) in [4.78, 5) is 108. The zero-order chi connectivity index (χ0) is 47.6. The summed E-state index contributed by atoms with van der Waals surface area (Å²) in [5.41, 5.74) is 0. The smallest absolute Gasteiger partial charge is 0.317 e. The van der Waals surface area contributed by atoms with Gasteiger partial charge in [0.1, 0.15) is 0 Å². The van der Waals surface area contributed by atoms with Gasteiger partial charge in [0.05, 0.1) is 52.2 Å². The number of amides is 2. The molecule has 2 aliphatic heterocycles. The van der Waals surface area contributed by atoms with Crippen molar-refractivity contribution in [3.05, 3.63) is 0 Å². The minimum atomic E-state index is -1.08. The number of rotatable bonds is 23. The molecule has 2 amide bonds. The predicted molar refractivity (Wildman–Crippen MR) is 231 cm³/mol. The van der Waals surface area contributed by atoms with Crippen molar-refractivity contribution in [1.82, 2.24) is 50.2 Å². The first kappa shape index (κ1) is 55.6. The van der Waals surface area contributed by atoms with Crippen LogP contribution in [0.1, 0.15) is 39.5 Å². The van der Waals surface area contributed by atoms with Gasteiger partial charge in [-0.05, 0) is 25.2 Å². The molecule has 24 heteroatoms. The maximum Gasteiger partial charge on any atom is 0.317 e. The van der Waals surface area contributed by atoms with Crippen LogP contribution in [0.25, 0.3) is 0 Å². The second-order valence-electron chi connectivity index (χ2n) is 16.9. The molecule has 64 heavy (non-hydrogen) atoms. The summed E-state index contributed by atoms with van der Waals surface area (Å²) in [5, 5.41) is 66.0. The van der Waals surface area contributed by atoms with Crippen LogP contribution in [0.15, 0.2) is 0 Å². The van der Waals surface area contributed by atoms with Gasteiger partial charge in [-0.2, -0.15) is 0 Å². The van der Waals surface area contributed by atoms with Crippen LogP contribution in [0.3, 0.4) is 0 Å². The molecule has 0 radical (unpaired) electrons. The Morgan fingerprint density at radius 2 is 0.844 bits per heavy atom. The summed E-state index contributed by atoms with van der Waals surface area (Å²) in [5.74, 6) is -6.71. The van der Waals surface area contributed by atoms with E-state index in [0.717, 1.165) is 0 Å². The van der Waals surface area contributed by atoms with Crippen LogP contribution in [0.4, 0.5) is 0 Å². The summed E-state index contributed by atoms with van der Waals surface area (Å²) in [7, 11) is 0. The quantitative estimate of drug-likeness (QED) is 0.0448. The average molecular weight is 917 g/mol. The second kappa shape index (κ2) is 30.6. The van der Waals surface area contributed by atoms with Gasteiger partial charge in [0, 0.05) is 117 Å². The number of hydrogen-bond acceptors (Lipinski definition) is 16. The van der Waals surface area contributed by atoms with Crippen LogP contribution in [0.5, 0.6) is 0 Å². The van der Waals surface area contributed by atoms with E-state index in [-0.39, 0.29) is 122 Å². The van der Waals surface area contributed by atoms with Gasteiger partial charge in [-0.15, -0.1) is 0 Å². The number of hydrogen-bond donors (Lipinski definition) is 9. The summed E-state index contributed by atoms with van der Waals surface area (Å²) in [6.45, 7) is 7.13. The zero-order valence-electron chi connectivity index (χ0n) is 37.4. The van der Waals surface area contributed by atoms with Gasteiger partial charge in [-0.3, -0.25) is 72.7 Å². The van der Waals surface area contributed by atoms with Crippen LogP contribution < -0.4 is 16.0 Å². The first-order chi connectivity index (χ1) is 30.3. The van der Waals surface area contributed by atoms with E-state index in [0.29, 0.717) is 78.2 Å². The number of nitrogens with one attached hydrogen (secondary N) is 3. The molecule has 24 nitrogen and oxygen atoms in total. The van der Waals surface area contributed by atoms with Crippen LogP contribution in [-0.4, -0.2) is 275 Å². The third-order valence-electron chi connectivity index (χ3n) is 11.1. The monoisotopic (exact) mass is 917 g/mol. The van der Waals surface area contributed by atoms with E-state index in [9.17, 15) is 69.0 Å². The lowest BCUT2D eigenvalue weighted by atomic mass is 9.98. The van der Waals surface area contributed by atoms with E-state index in [2.05, 4.69) is 16.0 Å². The van der Waals surface area contributed by atoms with Gasteiger partial charge in [0.2, 0.25) is 11.8 Å². The lowest BCUT2D eigenvalue weighted by Crippen LogP contribution is -2.51. The topological polar surface area (TPSA) is 317 Å². The molecule has 366 valence electrons. The van der Waals surface area contributed by atoms with Gasteiger partial charge in [-0.1, -0.05) is 13.8 Å². The molecule has 0 spiro atoms. The second-order valence-corrected chi connectivity index (χ2v) is 16.9. The summed E-state index contributed by atoms with van der Waals surface area (Å²) < 4.78 is 0. The molecule has 2 heterocycles. The molecule has 0 saturated carbocycles. The maximum absolute atomic E-state index is 13.5. The van der Waals surface area contributed by atoms with Gasteiger partial charge in [0.25, 0.3) is 0 Å². The van der Waals surface area contributed by atoms with Crippen molar-refractivity contribution in [1.29, 1.82) is 0 Å². The number of unbranched alkanes of at least 4 members (excludes halogenated alkanes) is 1. The lowest BCUT2D eigenvalue weighted by molar-refractivity contribution is -0.140. The van der Waals surface area contributed by atoms with Gasteiger partial charge in [-0.25, -0.2) is 0 Å². The molecule has 2 saturated heterocycles. The van der Waals surface area contributed by atoms with E-state index >= 15 is 0 Å². The Bertz CT molecular complexity index is 1480. The van der Waals surface area contributed by atoms with E-state index in [4.69, 9.17) is 0 Å². The number of carbonyl (C=O) groups is 8. The van der Waals surface area contributed by atoms with Crippen molar-refractivity contribution in [3.8, 4) is 0 Å². The Morgan fingerprint density at radius 1 is 0.484 bits per heavy atom. The fraction of sp³-hybridized carbons (Fsp3) is 0.800. The highest BCUT2D eigenvalue weighted by molar-refractivity contribution is 5.78. The standard InChI is InChI=1S/C40H72N10O14/c1-30(2)32(43-34(52)24-45-10-13-46(25-36(55)56)15-17-48(27-38(59)60)18-16-47(14-11-45)26-37(57)58)5-3-4-6-42-33(51)23-44-8-7-41-31(21-35(53)54)22-50(29-40(63)64)20-19-49(12-9-44)28-39(61)62/h30-32,41H,3-29H2,1-2H3,(H,42,51)(H,43,52)(H,53,54)(H,55,56)(H,57,58)(H,59,60)(H,61,62)(H,63,64). The van der Waals surface area contributed by atoms with Crippen LogP contribution >= 0.6 is 0 Å². The Balaban J connectivity index is 1.97. The molecule has 2 rings (SSSR count). The molecule has 9 N–H and O–H groups in total. The van der Waals surface area contributed by atoms with E-state index in [1.165, 1.54) is 0 Å². The Kier molecular flexibility index (Phi) is 26.5. The van der Waals surface area contributed by atoms with Crippen molar-refractivity contribution in [2.24, 2.45) is 5.92 Å². The lowest BCUT2D eigenvalue weighted by Gasteiger charge is -2.33. The first-order valence-corrected chi connectivity index (χ1v) is 21.9. The summed E-state index contributed by atoms with van der Waals surface area (Å²) in [6, 6.07) is -0.760. The van der Waals surface area contributed by atoms with Crippen LogP contribution in [-0.2, 0) is 38.4 Å². The number of carboxylic acid groups (broad SMARTS) is 6. The first-order valence-electron chi connectivity index (χ1n) is 21.9. The Labute approximate surface area is 374 Å². The highest BCUT2D eigenvalue weighted by Gasteiger charge is 2.25. The molecule has 2 unspecified atom stereocenters. The average Bonchev–Trinajstić information content (AvgIpc) is 3.17. The van der Waals surface area contributed by atoms with Gasteiger partial charge < -0.3 is 46.6 Å². The van der Waals surface area contributed by atoms with Gasteiger partial charge >= 0.3 is 35.8 Å². The van der Waals surface area contributed by atoms with Crippen molar-refractivity contribution in [3.63, 3.8) is 0 Å². The summed E-state index contributed by atoms with van der Waals surface area (Å²) in [6.07, 6.45) is 1.68. The predicted octanol–water partition coefficient (Wildman–Crippen LogP) is -3.59. The highest BCUT2D eigenvalue weighted by Crippen LogP contribution is 2.11. The fourth-order valence-electron chi connectivity index (χ4n) is 7.66. The number of carbonyl (C=O) groups excluding carboxylic acids is 2. The molecule has 2 fully saturated rings. The molecule has 0 bridgehead atoms. The maximum atomic E-state index is 13.5. The van der Waals surface area contributed by atoms with Crippen molar-refractivity contribution in [2.75, 3.05) is 151 Å². The molecule has 2 aliphatic rings. The minimum Gasteiger partial charge on any atom is -0.481 e. The molecular weight excluding hydrogens is 844 g/mol. The molecule has 2 atom stereocenters. The molecule has 0 aromatic carbocycles. The van der Waals surface area contributed by atoms with E-state index < -0.39 is 41.9 Å². The Morgan fingerprint density at radius 3 is 1.23 bits per heavy atom. The normalized spacial score (nSPS) is 20.1. The third kappa shape index (κ3) is 26.3. The van der Waals surface area contributed by atoms with Crippen molar-refractivity contribution >= 4 is 47.6 Å². The van der Waals surface area contributed by atoms with Crippen molar-refractivity contribution < 1.29 is 69.0 Å². The molecule has 0 aromatic heterocycles. The fourth-order valence-corrected chi connectivity index (χ4v) is 7.66. The molecule has 0 aliphatic carbocycles. The van der Waals surface area contributed by atoms with Crippen LogP contribution in [0.2, 0.25) is 0 Å². The SMILES string of the molecule is CC(C)C(CCCCNC(=O)CN1CCNC(CC(=O)O)CN(CC(=O)O)CCN(CC(=O)O)CC1)NC(=O)CN1CCN(CC(=O)O)CCN(CC(=O)O)CCN(CC(=O)O)CC1. The highest BCUT2D eigenvalue weighted by atomic mass is 16.4. The van der Waals surface area contributed by atoms with E-state index in [1.54, 1.807) is 24.5 Å². The largest absolute Gasteiger partial charge is 0.481 e. The summed E-state index contributed by atoms with van der Waals surface area (Å²) >= 11 is 0. The number of aliphatic carboxylic acids is 6. The van der Waals surface area contributed by atoms with Crippen molar-refractivity contribution in [2.45, 2.75) is 51.6 Å². The number of nitrogens with zero attached hydrogens (tertiary/aromatic N) is 7. The zero-order valence-corrected chi connectivity index (χ0v) is 37.4. The van der Waals surface area contributed by atoms with E-state index in [1.807, 2.05) is 23.6 Å². The molecule has 0 aromatic rings. The minimum absolute atomic E-state index is 0.00426. The van der Waals surface area contributed by atoms with Gasteiger partial charge in [0.15, 0.2) is 0 Å². The number of carboxylic acids is 6. The molecular formula is C40H72N10O14.